The van der Waals surface area contributed by atoms with Gasteiger partial charge in [-0.2, -0.15) is 79.0 Å². The van der Waals surface area contributed by atoms with Gasteiger partial charge < -0.3 is 9.79 Å². The van der Waals surface area contributed by atoms with Crippen LogP contribution in [0.25, 0.3) is 0 Å². The minimum atomic E-state index is -9.13. The van der Waals surface area contributed by atoms with E-state index in [0.29, 0.717) is 0 Å². The zero-order valence-corrected chi connectivity index (χ0v) is 17.9. The van der Waals surface area contributed by atoms with Gasteiger partial charge in [-0.15, -0.1) is 11.6 Å². The number of halogens is 20. The van der Waals surface area contributed by atoms with Crippen LogP contribution in [-0.2, 0) is 9.09 Å². The Balaban J connectivity index is 6.77. The van der Waals surface area contributed by atoms with Crippen molar-refractivity contribution in [3.05, 3.63) is 0 Å². The van der Waals surface area contributed by atoms with Crippen LogP contribution in [0.5, 0.6) is 0 Å². The predicted molar refractivity (Wildman–Crippen MR) is 77.9 cm³/mol. The van der Waals surface area contributed by atoms with Gasteiger partial charge in [0.2, 0.25) is 0 Å². The van der Waals surface area contributed by atoms with E-state index in [9.17, 15) is 88.0 Å². The molecule has 224 valence electrons. The van der Waals surface area contributed by atoms with Gasteiger partial charge in [-0.25, -0.2) is 8.96 Å². The van der Waals surface area contributed by atoms with Crippen molar-refractivity contribution in [2.45, 2.75) is 65.4 Å². The van der Waals surface area contributed by atoms with Crippen LogP contribution in [0.1, 0.15) is 6.42 Å². The third kappa shape index (κ3) is 5.69. The van der Waals surface area contributed by atoms with E-state index in [4.69, 9.17) is 21.4 Å². The molecule has 0 radical (unpaired) electrons. The minimum absolute atomic E-state index is 1.99. The Morgan fingerprint density at radius 3 is 1.19 bits per heavy atom. The summed E-state index contributed by atoms with van der Waals surface area (Å²) in [5, 5.41) is -3.01. The molecule has 0 amide bonds. The van der Waals surface area contributed by atoms with Crippen LogP contribution in [0.3, 0.4) is 0 Å². The molecule has 0 saturated heterocycles. The molecular weight excluding hydrogens is 636 g/mol. The second kappa shape index (κ2) is 9.61. The van der Waals surface area contributed by atoms with E-state index in [-0.39, 0.29) is 0 Å². The molecule has 1 unspecified atom stereocenters. The Morgan fingerprint density at radius 2 is 0.892 bits per heavy atom. The first-order valence-electron chi connectivity index (χ1n) is 8.03. The van der Waals surface area contributed by atoms with Crippen LogP contribution in [0.4, 0.5) is 83.4 Å². The maximum absolute atomic E-state index is 13.6. The summed E-state index contributed by atoms with van der Waals surface area (Å²) >= 11 is 4.78. The maximum Gasteiger partial charge on any atom is 0.469 e. The summed E-state index contributed by atoms with van der Waals surface area (Å²) in [5.74, 6) is -51.0. The second-order valence-electron chi connectivity index (χ2n) is 6.82. The minimum Gasteiger partial charge on any atom is -0.303 e. The average molecular weight is 643 g/mol. The molecule has 2 N–H and O–H groups in total. The van der Waals surface area contributed by atoms with E-state index in [0.717, 1.165) is 0 Å². The van der Waals surface area contributed by atoms with Gasteiger partial charge in [0.25, 0.3) is 0 Å². The van der Waals surface area contributed by atoms with Crippen molar-refractivity contribution >= 4 is 19.4 Å². The molecule has 4 nitrogen and oxygen atoms in total. The lowest BCUT2D eigenvalue weighted by Crippen LogP contribution is -2.77. The number of hydrogen-bond donors (Lipinski definition) is 2. The number of hydrogen-bond acceptors (Lipinski definition) is 2. The zero-order chi connectivity index (χ0) is 30.7. The van der Waals surface area contributed by atoms with Crippen molar-refractivity contribution < 1.29 is 102 Å². The fraction of sp³-hybridized carbons (Fsp3) is 1.00. The van der Waals surface area contributed by atoms with Crippen molar-refractivity contribution in [2.75, 3.05) is 6.61 Å². The first kappa shape index (κ1) is 36.1. The maximum atomic E-state index is 13.6. The standard InChI is InChI=1S/C12H7ClF19O4P/c13-3(2-36-37(33,34)35)1-4(14,15)6(17,18)8(21,22)10(25,26)9(23,24)7(19,20)5(16,11(27,28)29)12(30,31)32/h3H,1-2H2,(H2,33,34,35). The summed E-state index contributed by atoms with van der Waals surface area (Å²) < 4.78 is 264. The molecule has 0 bridgehead atoms. The number of rotatable bonds is 11. The number of phosphoric acid groups is 1. The van der Waals surface area contributed by atoms with Crippen LogP contribution in [0.15, 0.2) is 0 Å². The Kier molecular flexibility index (Phi) is 9.37. The summed E-state index contributed by atoms with van der Waals surface area (Å²) in [4.78, 5) is 16.5. The van der Waals surface area contributed by atoms with E-state index < -0.39 is 79.8 Å². The Labute approximate surface area is 194 Å². The predicted octanol–water partition coefficient (Wildman–Crippen LogP) is 6.74. The normalized spacial score (nSPS) is 17.2. The molecule has 0 saturated carbocycles. The molecular formula is C12H7ClF19O4P. The first-order chi connectivity index (χ1) is 15.6. The Hall–Kier alpha value is -0.930. The van der Waals surface area contributed by atoms with Gasteiger partial charge >= 0.3 is 61.4 Å². The Bertz CT molecular complexity index is 848. The average Bonchev–Trinajstić information content (AvgIpc) is 2.61. The first-order valence-corrected chi connectivity index (χ1v) is 10.00. The van der Waals surface area contributed by atoms with Crippen LogP contribution in [0.2, 0.25) is 0 Å². The van der Waals surface area contributed by atoms with Gasteiger partial charge in [-0.3, -0.25) is 4.52 Å². The smallest absolute Gasteiger partial charge is 0.303 e. The van der Waals surface area contributed by atoms with Crippen molar-refractivity contribution in [1.29, 1.82) is 0 Å². The molecule has 0 aromatic heterocycles. The molecule has 1 atom stereocenters. The van der Waals surface area contributed by atoms with Gasteiger partial charge in [0.15, 0.2) is 0 Å². The highest BCUT2D eigenvalue weighted by molar-refractivity contribution is 7.46. The summed E-state index contributed by atoms with van der Waals surface area (Å²) in [7, 11) is -5.66. The monoisotopic (exact) mass is 642 g/mol. The molecule has 0 aliphatic heterocycles. The summed E-state index contributed by atoms with van der Waals surface area (Å²) in [5.41, 5.74) is -8.82. The summed E-state index contributed by atoms with van der Waals surface area (Å²) in [6.45, 7) is -1.99. The third-order valence-electron chi connectivity index (χ3n) is 4.15. The fourth-order valence-electron chi connectivity index (χ4n) is 2.20. The molecule has 0 aromatic carbocycles. The summed E-state index contributed by atoms with van der Waals surface area (Å²) in [6, 6.07) is 0. The Morgan fingerprint density at radius 1 is 0.595 bits per heavy atom. The topological polar surface area (TPSA) is 66.8 Å². The highest BCUT2D eigenvalue weighted by Gasteiger charge is 2.98. The molecule has 0 aliphatic carbocycles. The number of alkyl halides is 20. The summed E-state index contributed by atoms with van der Waals surface area (Å²) in [6.07, 6.45) is -19.9. The zero-order valence-electron chi connectivity index (χ0n) is 16.2. The van der Waals surface area contributed by atoms with E-state index in [1.54, 1.807) is 0 Å². The molecule has 0 aromatic rings. The van der Waals surface area contributed by atoms with Crippen molar-refractivity contribution in [2.24, 2.45) is 0 Å². The van der Waals surface area contributed by atoms with E-state index in [2.05, 4.69) is 4.52 Å². The van der Waals surface area contributed by atoms with Crippen molar-refractivity contribution in [1.82, 2.24) is 0 Å². The van der Waals surface area contributed by atoms with Crippen molar-refractivity contribution in [3.63, 3.8) is 0 Å². The van der Waals surface area contributed by atoms with Gasteiger partial charge in [0.1, 0.15) is 0 Å². The van der Waals surface area contributed by atoms with Gasteiger partial charge in [0.05, 0.1) is 12.0 Å². The van der Waals surface area contributed by atoms with Crippen LogP contribution >= 0.6 is 19.4 Å². The van der Waals surface area contributed by atoms with E-state index in [1.165, 1.54) is 0 Å². The molecule has 0 fully saturated rings. The quantitative estimate of drug-likeness (QED) is 0.149. The SMILES string of the molecule is O=P(O)(O)OCC(Cl)CC(F)(F)C(F)(F)C(F)(F)C(F)(F)C(F)(F)C(F)(F)C(F)(C(F)(F)F)C(F)(F)F. The van der Waals surface area contributed by atoms with Gasteiger partial charge in [0, 0.05) is 6.42 Å². The highest BCUT2D eigenvalue weighted by atomic mass is 35.5. The third-order valence-corrected chi connectivity index (χ3v) is 4.92. The van der Waals surface area contributed by atoms with E-state index >= 15 is 0 Å². The largest absolute Gasteiger partial charge is 0.469 e. The molecule has 0 aliphatic rings. The molecule has 0 rings (SSSR count). The molecule has 25 heteroatoms. The number of phosphoric ester groups is 1. The molecule has 0 heterocycles. The van der Waals surface area contributed by atoms with Crippen LogP contribution in [-0.4, -0.2) is 75.3 Å². The fourth-order valence-corrected chi connectivity index (χ4v) is 2.92. The van der Waals surface area contributed by atoms with Gasteiger partial charge in [-0.1, -0.05) is 0 Å². The van der Waals surface area contributed by atoms with Crippen molar-refractivity contribution in [3.8, 4) is 0 Å². The lowest BCUT2D eigenvalue weighted by molar-refractivity contribution is -0.472. The van der Waals surface area contributed by atoms with E-state index in [1.807, 2.05) is 0 Å². The lowest BCUT2D eigenvalue weighted by Gasteiger charge is -2.45. The van der Waals surface area contributed by atoms with Gasteiger partial charge in [-0.05, 0) is 0 Å². The highest BCUT2D eigenvalue weighted by Crippen LogP contribution is 2.66. The van der Waals surface area contributed by atoms with Crippen LogP contribution < -0.4 is 0 Å². The molecule has 0 spiro atoms. The lowest BCUT2D eigenvalue weighted by atomic mass is 9.83. The van der Waals surface area contributed by atoms with Crippen LogP contribution in [0, 0.1) is 0 Å². The molecule has 37 heavy (non-hydrogen) atoms. The second-order valence-corrected chi connectivity index (χ2v) is 8.67.